The zero-order valence-corrected chi connectivity index (χ0v) is 9.05. The summed E-state index contributed by atoms with van der Waals surface area (Å²) in [6.07, 6.45) is 1.89. The number of nitrogens with zero attached hydrogens (tertiary/aromatic N) is 3. The third-order valence-corrected chi connectivity index (χ3v) is 2.78. The van der Waals surface area contributed by atoms with Crippen molar-refractivity contribution in [2.45, 2.75) is 18.9 Å². The van der Waals surface area contributed by atoms with Gasteiger partial charge in [-0.2, -0.15) is 0 Å². The Morgan fingerprint density at radius 1 is 1.50 bits per heavy atom. The van der Waals surface area contributed by atoms with Crippen molar-refractivity contribution in [2.24, 2.45) is 0 Å². The molecule has 0 spiro atoms. The number of amides is 1. The molecule has 2 rings (SSSR count). The summed E-state index contributed by atoms with van der Waals surface area (Å²) in [6, 6.07) is 0. The molecule has 0 saturated carbocycles. The van der Waals surface area contributed by atoms with Crippen molar-refractivity contribution in [3.8, 4) is 0 Å². The van der Waals surface area contributed by atoms with Crippen molar-refractivity contribution in [2.75, 3.05) is 25.9 Å². The maximum Gasteiger partial charge on any atom is 0.280 e. The van der Waals surface area contributed by atoms with E-state index in [1.54, 1.807) is 12.0 Å². The van der Waals surface area contributed by atoms with Crippen molar-refractivity contribution in [1.29, 1.82) is 0 Å². The predicted molar refractivity (Wildman–Crippen MR) is 54.6 cm³/mol. The third kappa shape index (κ3) is 1.99. The van der Waals surface area contributed by atoms with Crippen LogP contribution in [-0.4, -0.2) is 47.4 Å². The molecule has 0 unspecified atom stereocenters. The number of carbonyl (C=O) groups excluding carboxylic acids is 1. The first-order valence-electron chi connectivity index (χ1n) is 5.12. The second-order valence-corrected chi connectivity index (χ2v) is 3.73. The summed E-state index contributed by atoms with van der Waals surface area (Å²) in [4.78, 5) is 13.6. The van der Waals surface area contributed by atoms with Crippen molar-refractivity contribution in [1.82, 2.24) is 15.2 Å². The minimum absolute atomic E-state index is 0.0406. The van der Waals surface area contributed by atoms with Crippen LogP contribution in [0.1, 0.15) is 23.3 Å². The first-order chi connectivity index (χ1) is 7.72. The number of hydrogen-bond acceptors (Lipinski definition) is 6. The minimum Gasteiger partial charge on any atom is -0.381 e. The zero-order chi connectivity index (χ0) is 11.5. The van der Waals surface area contributed by atoms with Crippen LogP contribution in [0.5, 0.6) is 0 Å². The maximum absolute atomic E-state index is 11.9. The normalized spacial score (nSPS) is 17.7. The van der Waals surface area contributed by atoms with E-state index in [1.165, 1.54) is 0 Å². The summed E-state index contributed by atoms with van der Waals surface area (Å²) in [7, 11) is 1.68. The molecule has 1 aliphatic rings. The molecule has 2 heterocycles. The predicted octanol–water partition coefficient (Wildman–Crippen LogP) is -0.0972. The highest BCUT2D eigenvalue weighted by Crippen LogP contribution is 2.16. The van der Waals surface area contributed by atoms with E-state index in [1.807, 2.05) is 0 Å². The number of rotatable bonds is 2. The van der Waals surface area contributed by atoms with Crippen molar-refractivity contribution < 1.29 is 14.2 Å². The van der Waals surface area contributed by atoms with E-state index >= 15 is 0 Å². The van der Waals surface area contributed by atoms with E-state index in [0.717, 1.165) is 12.8 Å². The fourth-order valence-corrected chi connectivity index (χ4v) is 1.79. The van der Waals surface area contributed by atoms with Crippen LogP contribution in [0.2, 0.25) is 0 Å². The lowest BCUT2D eigenvalue weighted by Gasteiger charge is -2.30. The highest BCUT2D eigenvalue weighted by molar-refractivity contribution is 5.96. The Balaban J connectivity index is 2.00. The van der Waals surface area contributed by atoms with E-state index in [2.05, 4.69) is 14.9 Å². The van der Waals surface area contributed by atoms with Gasteiger partial charge in [0.1, 0.15) is 0 Å². The summed E-state index contributed by atoms with van der Waals surface area (Å²) >= 11 is 0. The summed E-state index contributed by atoms with van der Waals surface area (Å²) in [6.45, 7) is 1.28. The molecule has 0 bridgehead atoms. The summed E-state index contributed by atoms with van der Waals surface area (Å²) in [5.41, 5.74) is 5.56. The lowest BCUT2D eigenvalue weighted by Crippen LogP contribution is -2.41. The number of nitrogens with two attached hydrogens (primary N) is 1. The van der Waals surface area contributed by atoms with Gasteiger partial charge in [-0.15, -0.1) is 0 Å². The molecular weight excluding hydrogens is 212 g/mol. The molecule has 88 valence electrons. The number of nitrogen functional groups attached to an aromatic ring is 1. The van der Waals surface area contributed by atoms with Crippen LogP contribution in [-0.2, 0) is 4.74 Å². The Morgan fingerprint density at radius 3 is 2.69 bits per heavy atom. The molecule has 7 nitrogen and oxygen atoms in total. The minimum atomic E-state index is -0.228. The smallest absolute Gasteiger partial charge is 0.280 e. The quantitative estimate of drug-likeness (QED) is 0.756. The van der Waals surface area contributed by atoms with Crippen molar-refractivity contribution >= 4 is 11.7 Å². The molecule has 0 aromatic carbocycles. The first kappa shape index (κ1) is 10.9. The number of anilines is 1. The van der Waals surface area contributed by atoms with Crippen LogP contribution in [0.25, 0.3) is 0 Å². The van der Waals surface area contributed by atoms with E-state index in [4.69, 9.17) is 10.5 Å². The molecule has 1 fully saturated rings. The van der Waals surface area contributed by atoms with Crippen molar-refractivity contribution in [3.05, 3.63) is 5.69 Å². The van der Waals surface area contributed by atoms with Gasteiger partial charge in [0.25, 0.3) is 5.91 Å². The molecule has 1 amide bonds. The summed E-state index contributed by atoms with van der Waals surface area (Å²) < 4.78 is 9.63. The molecule has 0 aliphatic carbocycles. The number of ether oxygens (including phenoxy) is 1. The van der Waals surface area contributed by atoms with Gasteiger partial charge < -0.3 is 15.4 Å². The van der Waals surface area contributed by atoms with Gasteiger partial charge in [-0.25, -0.2) is 4.63 Å². The summed E-state index contributed by atoms with van der Waals surface area (Å²) in [5, 5.41) is 6.88. The average Bonchev–Trinajstić information content (AvgIpc) is 2.75. The molecule has 1 saturated heterocycles. The van der Waals surface area contributed by atoms with Gasteiger partial charge in [-0.3, -0.25) is 4.79 Å². The topological polar surface area (TPSA) is 94.5 Å². The molecule has 16 heavy (non-hydrogen) atoms. The molecule has 0 atom stereocenters. The fraction of sp³-hybridized carbons (Fsp3) is 0.667. The van der Waals surface area contributed by atoms with Gasteiger partial charge in [0.2, 0.25) is 11.5 Å². The second kappa shape index (κ2) is 4.48. The first-order valence-corrected chi connectivity index (χ1v) is 5.12. The molecule has 7 heteroatoms. The lowest BCUT2D eigenvalue weighted by atomic mass is 10.1. The van der Waals surface area contributed by atoms with E-state index in [0.29, 0.717) is 13.1 Å². The molecule has 2 N–H and O–H groups in total. The van der Waals surface area contributed by atoms with Crippen LogP contribution < -0.4 is 5.73 Å². The Kier molecular flexibility index (Phi) is 3.04. The van der Waals surface area contributed by atoms with Crippen LogP contribution in [0, 0.1) is 0 Å². The van der Waals surface area contributed by atoms with Gasteiger partial charge in [-0.1, -0.05) is 0 Å². The van der Waals surface area contributed by atoms with Gasteiger partial charge >= 0.3 is 0 Å². The second-order valence-electron chi connectivity index (χ2n) is 3.73. The maximum atomic E-state index is 11.9. The number of piperidine rings is 1. The Hall–Kier alpha value is -1.63. The van der Waals surface area contributed by atoms with Gasteiger partial charge in [0.05, 0.1) is 6.10 Å². The standard InChI is InChI=1S/C9H14N4O3/c1-15-6-2-4-13(5-3-6)9(14)7-8(10)12-16-11-7/h6H,2-5H2,1H3,(H2,10,12). The lowest BCUT2D eigenvalue weighted by molar-refractivity contribution is 0.0346. The molecule has 0 radical (unpaired) electrons. The van der Waals surface area contributed by atoms with Crippen LogP contribution >= 0.6 is 0 Å². The summed E-state index contributed by atoms with van der Waals surface area (Å²) in [5.74, 6) is -0.188. The van der Waals surface area contributed by atoms with Crippen LogP contribution in [0.15, 0.2) is 4.63 Å². The van der Waals surface area contributed by atoms with Crippen LogP contribution in [0.4, 0.5) is 5.82 Å². The Bertz CT molecular complexity index is 371. The van der Waals surface area contributed by atoms with Crippen LogP contribution in [0.3, 0.4) is 0 Å². The number of methoxy groups -OCH3 is 1. The van der Waals surface area contributed by atoms with E-state index in [9.17, 15) is 4.79 Å². The molecule has 1 aromatic heterocycles. The number of hydrogen-bond donors (Lipinski definition) is 1. The Morgan fingerprint density at radius 2 is 2.19 bits per heavy atom. The number of carbonyl (C=O) groups is 1. The Labute approximate surface area is 92.5 Å². The molecule has 1 aromatic rings. The van der Waals surface area contributed by atoms with Gasteiger partial charge in [0, 0.05) is 20.2 Å². The zero-order valence-electron chi connectivity index (χ0n) is 9.05. The highest BCUT2D eigenvalue weighted by Gasteiger charge is 2.27. The fourth-order valence-electron chi connectivity index (χ4n) is 1.79. The average molecular weight is 226 g/mol. The van der Waals surface area contributed by atoms with E-state index in [-0.39, 0.29) is 23.5 Å². The third-order valence-electron chi connectivity index (χ3n) is 2.78. The SMILES string of the molecule is COC1CCN(C(=O)c2nonc2N)CC1. The number of aromatic nitrogens is 2. The van der Waals surface area contributed by atoms with E-state index < -0.39 is 0 Å². The highest BCUT2D eigenvalue weighted by atomic mass is 16.6. The largest absolute Gasteiger partial charge is 0.381 e. The molecule has 1 aliphatic heterocycles. The van der Waals surface area contributed by atoms with Gasteiger partial charge in [-0.05, 0) is 23.2 Å². The van der Waals surface area contributed by atoms with Gasteiger partial charge in [0.15, 0.2) is 0 Å². The monoisotopic (exact) mass is 226 g/mol. The molecular formula is C9H14N4O3. The number of likely N-dealkylation sites (tertiary alicyclic amines) is 1. The van der Waals surface area contributed by atoms with Crippen molar-refractivity contribution in [3.63, 3.8) is 0 Å².